The second kappa shape index (κ2) is 5.47. The molecule has 0 unspecified atom stereocenters. The zero-order valence-electron chi connectivity index (χ0n) is 9.93. The van der Waals surface area contributed by atoms with Crippen molar-refractivity contribution in [1.82, 2.24) is 5.32 Å². The van der Waals surface area contributed by atoms with E-state index >= 15 is 0 Å². The van der Waals surface area contributed by atoms with Gasteiger partial charge in [0.15, 0.2) is 0 Å². The van der Waals surface area contributed by atoms with Crippen LogP contribution in [0, 0.1) is 21.7 Å². The molecule has 1 N–H and O–H groups in total. The first-order valence-corrected chi connectivity index (χ1v) is 5.43. The van der Waals surface area contributed by atoms with Gasteiger partial charge in [-0.2, -0.15) is 4.39 Å². The zero-order chi connectivity index (χ0) is 14.7. The highest BCUT2D eigenvalue weighted by atomic mass is 19.1. The third kappa shape index (κ3) is 2.63. The number of hydrogen-bond acceptors (Lipinski definition) is 4. The van der Waals surface area contributed by atoms with Gasteiger partial charge in [0, 0.05) is 6.07 Å². The number of nitro benzene ring substituents is 1. The Morgan fingerprint density at radius 3 is 2.70 bits per heavy atom. The average Bonchev–Trinajstić information content (AvgIpc) is 2.89. The number of amides is 1. The van der Waals surface area contributed by atoms with Gasteiger partial charge in [0.1, 0.15) is 17.1 Å². The van der Waals surface area contributed by atoms with Crippen molar-refractivity contribution in [3.8, 4) is 0 Å². The van der Waals surface area contributed by atoms with Crippen molar-refractivity contribution in [3.63, 3.8) is 0 Å². The van der Waals surface area contributed by atoms with E-state index in [9.17, 15) is 23.7 Å². The Morgan fingerprint density at radius 1 is 1.35 bits per heavy atom. The van der Waals surface area contributed by atoms with E-state index < -0.39 is 33.7 Å². The number of rotatable bonds is 4. The van der Waals surface area contributed by atoms with Crippen LogP contribution in [0.15, 0.2) is 34.9 Å². The van der Waals surface area contributed by atoms with Gasteiger partial charge in [-0.25, -0.2) is 4.39 Å². The number of benzene rings is 1. The van der Waals surface area contributed by atoms with Crippen LogP contribution in [0.1, 0.15) is 16.1 Å². The summed E-state index contributed by atoms with van der Waals surface area (Å²) in [6, 6.07) is 4.47. The second-order valence-corrected chi connectivity index (χ2v) is 3.77. The maximum absolute atomic E-state index is 13.7. The van der Waals surface area contributed by atoms with Crippen molar-refractivity contribution >= 4 is 11.6 Å². The molecule has 0 aliphatic heterocycles. The molecule has 0 aliphatic carbocycles. The topological polar surface area (TPSA) is 85.4 Å². The SMILES string of the molecule is O=C(NCc1ccco1)c1c(F)ccc([N+](=O)[O-])c1F. The highest BCUT2D eigenvalue weighted by Gasteiger charge is 2.26. The normalized spacial score (nSPS) is 10.3. The molecule has 0 fully saturated rings. The number of carbonyl (C=O) groups excluding carboxylic acids is 1. The molecule has 0 radical (unpaired) electrons. The molecular formula is C12H8F2N2O4. The fourth-order valence-electron chi connectivity index (χ4n) is 1.56. The molecule has 0 spiro atoms. The third-order valence-corrected chi connectivity index (χ3v) is 2.50. The highest BCUT2D eigenvalue weighted by molar-refractivity contribution is 5.95. The molecule has 104 valence electrons. The number of furan rings is 1. The molecule has 0 bridgehead atoms. The highest BCUT2D eigenvalue weighted by Crippen LogP contribution is 2.23. The predicted molar refractivity (Wildman–Crippen MR) is 62.9 cm³/mol. The van der Waals surface area contributed by atoms with Crippen molar-refractivity contribution in [2.75, 3.05) is 0 Å². The van der Waals surface area contributed by atoms with Gasteiger partial charge in [-0.05, 0) is 18.2 Å². The minimum Gasteiger partial charge on any atom is -0.467 e. The molecule has 0 saturated carbocycles. The fourth-order valence-corrected chi connectivity index (χ4v) is 1.56. The van der Waals surface area contributed by atoms with Crippen LogP contribution in [-0.2, 0) is 6.54 Å². The Balaban J connectivity index is 2.25. The standard InChI is InChI=1S/C12H8F2N2O4/c13-8-3-4-9(16(18)19)11(14)10(8)12(17)15-6-7-2-1-5-20-7/h1-5H,6H2,(H,15,17). The molecule has 1 aromatic heterocycles. The number of nitro groups is 1. The largest absolute Gasteiger partial charge is 0.467 e. The summed E-state index contributed by atoms with van der Waals surface area (Å²) in [5.41, 5.74) is -1.96. The fraction of sp³-hybridized carbons (Fsp3) is 0.0833. The Bertz CT molecular complexity index is 656. The minimum atomic E-state index is -1.51. The van der Waals surface area contributed by atoms with E-state index in [1.807, 2.05) is 0 Å². The summed E-state index contributed by atoms with van der Waals surface area (Å²) in [4.78, 5) is 21.2. The van der Waals surface area contributed by atoms with Crippen molar-refractivity contribution in [3.05, 3.63) is 63.6 Å². The number of halogens is 2. The van der Waals surface area contributed by atoms with Crippen molar-refractivity contribution in [2.24, 2.45) is 0 Å². The predicted octanol–water partition coefficient (Wildman–Crippen LogP) is 2.40. The van der Waals surface area contributed by atoms with Crippen LogP contribution in [0.3, 0.4) is 0 Å². The molecule has 2 aromatic rings. The maximum Gasteiger partial charge on any atom is 0.305 e. The molecule has 1 aromatic carbocycles. The van der Waals surface area contributed by atoms with Gasteiger partial charge in [0.25, 0.3) is 5.91 Å². The van der Waals surface area contributed by atoms with Gasteiger partial charge in [-0.3, -0.25) is 14.9 Å². The number of carbonyl (C=O) groups is 1. The van der Waals surface area contributed by atoms with Gasteiger partial charge >= 0.3 is 5.69 Å². The summed E-state index contributed by atoms with van der Waals surface area (Å²) >= 11 is 0. The van der Waals surface area contributed by atoms with Crippen LogP contribution in [-0.4, -0.2) is 10.8 Å². The van der Waals surface area contributed by atoms with Crippen LogP contribution in [0.2, 0.25) is 0 Å². The van der Waals surface area contributed by atoms with Crippen LogP contribution >= 0.6 is 0 Å². The Labute approximate surface area is 111 Å². The lowest BCUT2D eigenvalue weighted by atomic mass is 10.1. The lowest BCUT2D eigenvalue weighted by Gasteiger charge is -2.06. The Hall–Kier alpha value is -2.77. The van der Waals surface area contributed by atoms with Crippen LogP contribution in [0.25, 0.3) is 0 Å². The summed E-state index contributed by atoms with van der Waals surface area (Å²) in [6.45, 7) is -0.0899. The van der Waals surface area contributed by atoms with Crippen molar-refractivity contribution in [1.29, 1.82) is 0 Å². The molecular weight excluding hydrogens is 274 g/mol. The summed E-state index contributed by atoms with van der Waals surface area (Å²) < 4.78 is 32.1. The van der Waals surface area contributed by atoms with E-state index in [4.69, 9.17) is 4.42 Å². The van der Waals surface area contributed by atoms with Gasteiger partial charge in [-0.1, -0.05) is 0 Å². The van der Waals surface area contributed by atoms with Gasteiger partial charge < -0.3 is 9.73 Å². The van der Waals surface area contributed by atoms with Crippen molar-refractivity contribution in [2.45, 2.75) is 6.54 Å². The van der Waals surface area contributed by atoms with E-state index in [2.05, 4.69) is 5.32 Å². The van der Waals surface area contributed by atoms with E-state index in [-0.39, 0.29) is 6.54 Å². The monoisotopic (exact) mass is 282 g/mol. The number of hydrogen-bond donors (Lipinski definition) is 1. The molecule has 2 rings (SSSR count). The molecule has 1 heterocycles. The Morgan fingerprint density at radius 2 is 2.10 bits per heavy atom. The molecule has 0 saturated heterocycles. The first-order valence-electron chi connectivity index (χ1n) is 5.43. The van der Waals surface area contributed by atoms with Crippen LogP contribution < -0.4 is 5.32 Å². The summed E-state index contributed by atoms with van der Waals surface area (Å²) in [5, 5.41) is 12.8. The molecule has 0 aliphatic rings. The van der Waals surface area contributed by atoms with E-state index in [1.165, 1.54) is 6.26 Å². The van der Waals surface area contributed by atoms with E-state index in [1.54, 1.807) is 12.1 Å². The third-order valence-electron chi connectivity index (χ3n) is 2.50. The summed E-state index contributed by atoms with van der Waals surface area (Å²) in [5.74, 6) is -3.40. The zero-order valence-corrected chi connectivity index (χ0v) is 9.93. The molecule has 6 nitrogen and oxygen atoms in total. The van der Waals surface area contributed by atoms with Crippen LogP contribution in [0.5, 0.6) is 0 Å². The van der Waals surface area contributed by atoms with E-state index in [0.717, 1.165) is 0 Å². The molecule has 8 heteroatoms. The Kier molecular flexibility index (Phi) is 3.74. The smallest absolute Gasteiger partial charge is 0.305 e. The average molecular weight is 282 g/mol. The first-order chi connectivity index (χ1) is 9.50. The summed E-state index contributed by atoms with van der Waals surface area (Å²) in [6.07, 6.45) is 1.37. The van der Waals surface area contributed by atoms with Crippen LogP contribution in [0.4, 0.5) is 14.5 Å². The lowest BCUT2D eigenvalue weighted by molar-refractivity contribution is -0.387. The number of nitrogens with zero attached hydrogens (tertiary/aromatic N) is 1. The van der Waals surface area contributed by atoms with E-state index in [0.29, 0.717) is 17.9 Å². The van der Waals surface area contributed by atoms with Crippen molar-refractivity contribution < 1.29 is 22.9 Å². The lowest BCUT2D eigenvalue weighted by Crippen LogP contribution is -2.25. The quantitative estimate of drug-likeness (QED) is 0.689. The van der Waals surface area contributed by atoms with Gasteiger partial charge in [0.2, 0.25) is 5.82 Å². The molecule has 20 heavy (non-hydrogen) atoms. The minimum absolute atomic E-state index is 0.0899. The van der Waals surface area contributed by atoms with Gasteiger partial charge in [-0.15, -0.1) is 0 Å². The summed E-state index contributed by atoms with van der Waals surface area (Å²) in [7, 11) is 0. The molecule has 1 amide bonds. The first kappa shape index (κ1) is 13.7. The van der Waals surface area contributed by atoms with Gasteiger partial charge in [0.05, 0.1) is 17.7 Å². The maximum atomic E-state index is 13.7. The number of nitrogens with one attached hydrogen (secondary N) is 1. The second-order valence-electron chi connectivity index (χ2n) is 3.77. The molecule has 0 atom stereocenters.